The van der Waals surface area contributed by atoms with Crippen LogP contribution >= 0.6 is 0 Å². The minimum absolute atomic E-state index is 0.0472. The van der Waals surface area contributed by atoms with E-state index in [0.29, 0.717) is 6.61 Å². The normalized spacial score (nSPS) is 13.2. The maximum absolute atomic E-state index is 12.9. The molecule has 1 aromatic carbocycles. The van der Waals surface area contributed by atoms with Gasteiger partial charge in [0.1, 0.15) is 6.54 Å². The molecule has 2 aromatic rings. The molecule has 0 saturated carbocycles. The van der Waals surface area contributed by atoms with Crippen LogP contribution in [0.5, 0.6) is 0 Å². The number of ketones is 1. The quantitative estimate of drug-likeness (QED) is 0.635. The number of ether oxygens (including phenoxy) is 1. The average molecular weight is 401 g/mol. The van der Waals surface area contributed by atoms with E-state index in [-0.39, 0.29) is 30.8 Å². The van der Waals surface area contributed by atoms with Crippen LogP contribution in [-0.4, -0.2) is 50.1 Å². The summed E-state index contributed by atoms with van der Waals surface area (Å²) in [5.74, 6) is -0.0470. The van der Waals surface area contributed by atoms with Crippen molar-refractivity contribution in [3.8, 4) is 0 Å². The zero-order valence-corrected chi connectivity index (χ0v) is 18.7. The summed E-state index contributed by atoms with van der Waals surface area (Å²) in [7, 11) is 3.55. The van der Waals surface area contributed by atoms with Gasteiger partial charge in [-0.05, 0) is 57.9 Å². The molecule has 0 fully saturated rings. The Balaban J connectivity index is 2.01. The summed E-state index contributed by atoms with van der Waals surface area (Å²) >= 11 is 0. The fourth-order valence-corrected chi connectivity index (χ4v) is 3.84. The topological polar surface area (TPSA) is 64.8 Å². The van der Waals surface area contributed by atoms with Crippen molar-refractivity contribution in [1.29, 1.82) is 0 Å². The van der Waals surface area contributed by atoms with Crippen molar-refractivity contribution in [2.75, 3.05) is 39.2 Å². The van der Waals surface area contributed by atoms with E-state index in [0.717, 1.165) is 38.7 Å². The first-order valence-corrected chi connectivity index (χ1v) is 10.0. The van der Waals surface area contributed by atoms with Gasteiger partial charge in [-0.25, -0.2) is 0 Å². The molecule has 0 saturated heterocycles. The van der Waals surface area contributed by atoms with E-state index < -0.39 is 0 Å². The Morgan fingerprint density at radius 1 is 1.17 bits per heavy atom. The number of likely N-dealkylation sites (N-methyl/N-ethyl adjacent to an activating group) is 1. The SMILES string of the molecule is COC[C@@H](C)n1c(C)cc(C(=O)C[NH+](C)CC(=O)Nc2cccc(C)c2C)c1C. The second-order valence-electron chi connectivity index (χ2n) is 7.99. The fraction of sp³-hybridized carbons (Fsp3) is 0.478. The number of hydrogen-bond donors (Lipinski definition) is 2. The van der Waals surface area contributed by atoms with Crippen LogP contribution in [0, 0.1) is 27.7 Å². The summed E-state index contributed by atoms with van der Waals surface area (Å²) in [4.78, 5) is 26.1. The molecule has 2 rings (SSSR count). The zero-order chi connectivity index (χ0) is 21.7. The van der Waals surface area contributed by atoms with Gasteiger partial charge in [-0.3, -0.25) is 9.59 Å². The molecule has 0 spiro atoms. The van der Waals surface area contributed by atoms with E-state index in [2.05, 4.69) is 16.8 Å². The van der Waals surface area contributed by atoms with E-state index in [4.69, 9.17) is 4.74 Å². The number of nitrogens with one attached hydrogen (secondary N) is 2. The molecule has 1 amide bonds. The molecule has 158 valence electrons. The number of methoxy groups -OCH3 is 1. The number of nitrogens with zero attached hydrogens (tertiary/aromatic N) is 1. The van der Waals surface area contributed by atoms with Crippen molar-refractivity contribution in [3.63, 3.8) is 0 Å². The molecule has 1 unspecified atom stereocenters. The lowest BCUT2D eigenvalue weighted by atomic mass is 10.1. The number of rotatable bonds is 9. The smallest absolute Gasteiger partial charge is 0.279 e. The Kier molecular flexibility index (Phi) is 7.76. The third-order valence-electron chi connectivity index (χ3n) is 5.44. The average Bonchev–Trinajstić information content (AvgIpc) is 2.93. The predicted octanol–water partition coefficient (Wildman–Crippen LogP) is 2.27. The fourth-order valence-electron chi connectivity index (χ4n) is 3.84. The van der Waals surface area contributed by atoms with E-state index in [1.807, 2.05) is 59.0 Å². The van der Waals surface area contributed by atoms with Crippen LogP contribution in [0.4, 0.5) is 5.69 Å². The van der Waals surface area contributed by atoms with Gasteiger partial charge in [0.15, 0.2) is 6.54 Å². The van der Waals surface area contributed by atoms with E-state index in [9.17, 15) is 9.59 Å². The summed E-state index contributed by atoms with van der Waals surface area (Å²) in [6, 6.07) is 7.95. The standard InChI is InChI=1S/C23H33N3O3/c1-15-9-8-10-21(18(15)4)24-23(28)13-25(6)12-22(27)20-11-16(2)26(19(20)5)17(3)14-29-7/h8-11,17H,12-14H2,1-7H3,(H,24,28)/p+1/t17-/m1/s1. The van der Waals surface area contributed by atoms with Crippen LogP contribution in [0.1, 0.15) is 45.8 Å². The molecule has 0 radical (unpaired) electrons. The summed E-state index contributed by atoms with van der Waals surface area (Å²) in [5, 5.41) is 2.96. The van der Waals surface area contributed by atoms with Gasteiger partial charge in [-0.2, -0.15) is 0 Å². The second kappa shape index (κ2) is 9.85. The van der Waals surface area contributed by atoms with Crippen LogP contribution in [0.15, 0.2) is 24.3 Å². The predicted molar refractivity (Wildman–Crippen MR) is 116 cm³/mol. The number of quaternary nitrogens is 1. The number of aryl methyl sites for hydroxylation is 2. The van der Waals surface area contributed by atoms with Crippen molar-refractivity contribution in [2.24, 2.45) is 0 Å². The Hall–Kier alpha value is -2.44. The summed E-state index contributed by atoms with van der Waals surface area (Å²) < 4.78 is 7.39. The lowest BCUT2D eigenvalue weighted by molar-refractivity contribution is -0.861. The van der Waals surface area contributed by atoms with Gasteiger partial charge < -0.3 is 19.5 Å². The first-order chi connectivity index (χ1) is 13.6. The Morgan fingerprint density at radius 3 is 2.52 bits per heavy atom. The third kappa shape index (κ3) is 5.55. The number of aromatic nitrogens is 1. The molecular formula is C23H34N3O3+. The van der Waals surface area contributed by atoms with Crippen LogP contribution < -0.4 is 10.2 Å². The number of carbonyl (C=O) groups is 2. The third-order valence-corrected chi connectivity index (χ3v) is 5.44. The molecule has 6 nitrogen and oxygen atoms in total. The highest BCUT2D eigenvalue weighted by atomic mass is 16.5. The van der Waals surface area contributed by atoms with E-state index >= 15 is 0 Å². The van der Waals surface area contributed by atoms with Gasteiger partial charge in [0, 0.05) is 29.7 Å². The molecule has 1 heterocycles. The van der Waals surface area contributed by atoms with Crippen molar-refractivity contribution >= 4 is 17.4 Å². The highest BCUT2D eigenvalue weighted by molar-refractivity contribution is 5.98. The van der Waals surface area contributed by atoms with Crippen LogP contribution in [0.25, 0.3) is 0 Å². The van der Waals surface area contributed by atoms with Crippen LogP contribution in [-0.2, 0) is 9.53 Å². The van der Waals surface area contributed by atoms with Crippen molar-refractivity contribution in [1.82, 2.24) is 4.57 Å². The molecule has 2 N–H and O–H groups in total. The number of Topliss-reactive ketones (excluding diaryl/α,β-unsaturated/α-hetero) is 1. The van der Waals surface area contributed by atoms with E-state index in [1.165, 1.54) is 0 Å². The van der Waals surface area contributed by atoms with Crippen molar-refractivity contribution in [2.45, 2.75) is 40.7 Å². The van der Waals surface area contributed by atoms with Gasteiger partial charge in [-0.1, -0.05) is 12.1 Å². The number of benzene rings is 1. The Labute approximate surface area is 173 Å². The van der Waals surface area contributed by atoms with Crippen LogP contribution in [0.3, 0.4) is 0 Å². The number of carbonyl (C=O) groups excluding carboxylic acids is 2. The molecule has 6 heteroatoms. The van der Waals surface area contributed by atoms with Crippen molar-refractivity contribution in [3.05, 3.63) is 52.3 Å². The lowest BCUT2D eigenvalue weighted by Gasteiger charge is -2.18. The minimum atomic E-state index is -0.0943. The van der Waals surface area contributed by atoms with Crippen molar-refractivity contribution < 1.29 is 19.2 Å². The number of anilines is 1. The summed E-state index contributed by atoms with van der Waals surface area (Å²) in [6.07, 6.45) is 0. The van der Waals surface area contributed by atoms with Gasteiger partial charge in [-0.15, -0.1) is 0 Å². The molecule has 0 aliphatic rings. The van der Waals surface area contributed by atoms with Gasteiger partial charge >= 0.3 is 0 Å². The monoisotopic (exact) mass is 400 g/mol. The van der Waals surface area contributed by atoms with Gasteiger partial charge in [0.05, 0.1) is 19.7 Å². The molecule has 0 bridgehead atoms. The Bertz CT molecular complexity index is 886. The maximum atomic E-state index is 12.9. The highest BCUT2D eigenvalue weighted by Gasteiger charge is 2.22. The lowest BCUT2D eigenvalue weighted by Crippen LogP contribution is -3.11. The zero-order valence-electron chi connectivity index (χ0n) is 18.7. The first-order valence-electron chi connectivity index (χ1n) is 10.0. The molecule has 0 aliphatic heterocycles. The molecule has 29 heavy (non-hydrogen) atoms. The minimum Gasteiger partial charge on any atom is -0.383 e. The highest BCUT2D eigenvalue weighted by Crippen LogP contribution is 2.21. The maximum Gasteiger partial charge on any atom is 0.279 e. The largest absolute Gasteiger partial charge is 0.383 e. The van der Waals surface area contributed by atoms with Crippen LogP contribution in [0.2, 0.25) is 0 Å². The second-order valence-corrected chi connectivity index (χ2v) is 7.99. The molecule has 0 aliphatic carbocycles. The molecule has 1 aromatic heterocycles. The number of hydrogen-bond acceptors (Lipinski definition) is 3. The van der Waals surface area contributed by atoms with E-state index in [1.54, 1.807) is 7.11 Å². The molecular weight excluding hydrogens is 366 g/mol. The number of amides is 1. The summed E-state index contributed by atoms with van der Waals surface area (Å²) in [5.41, 5.74) is 5.74. The Morgan fingerprint density at radius 2 is 1.86 bits per heavy atom. The molecule has 2 atom stereocenters. The van der Waals surface area contributed by atoms with Gasteiger partial charge in [0.25, 0.3) is 5.91 Å². The first kappa shape index (κ1) is 22.8. The van der Waals surface area contributed by atoms with Gasteiger partial charge in [0.2, 0.25) is 5.78 Å². The summed E-state index contributed by atoms with van der Waals surface area (Å²) in [6.45, 7) is 11.1.